The molecule has 0 aromatic heterocycles. The lowest BCUT2D eigenvalue weighted by atomic mass is 10.1. The molecule has 30 heavy (non-hydrogen) atoms. The predicted molar refractivity (Wildman–Crippen MR) is 117 cm³/mol. The molecule has 1 amide bonds. The summed E-state index contributed by atoms with van der Waals surface area (Å²) in [7, 11) is 0. The zero-order valence-electron chi connectivity index (χ0n) is 17.9. The number of amides is 1. The molecule has 1 atom stereocenters. The first-order valence-electron chi connectivity index (χ1n) is 10.4. The number of esters is 1. The van der Waals surface area contributed by atoms with Crippen molar-refractivity contribution in [2.45, 2.75) is 26.9 Å². The summed E-state index contributed by atoms with van der Waals surface area (Å²) in [5.41, 5.74) is 2.43. The minimum atomic E-state index is -0.421. The Bertz CT molecular complexity index is 867. The van der Waals surface area contributed by atoms with Gasteiger partial charge in [-0.15, -0.1) is 0 Å². The molecule has 1 saturated heterocycles. The number of anilines is 1. The van der Waals surface area contributed by atoms with Crippen molar-refractivity contribution in [3.8, 4) is 0 Å². The molecule has 2 aromatic rings. The summed E-state index contributed by atoms with van der Waals surface area (Å²) >= 11 is 0. The molecule has 1 aliphatic heterocycles. The van der Waals surface area contributed by atoms with E-state index in [4.69, 9.17) is 9.47 Å². The normalized spacial score (nSPS) is 17.0. The predicted octanol–water partition coefficient (Wildman–Crippen LogP) is 3.76. The molecule has 1 heterocycles. The SMILES string of the molecule is Cc1ccc(C(=O)OCC2CN(CC(C)C)CCO2)cc1NC(=O)c1ccccc1. The van der Waals surface area contributed by atoms with Gasteiger partial charge in [-0.3, -0.25) is 9.69 Å². The minimum Gasteiger partial charge on any atom is -0.459 e. The highest BCUT2D eigenvalue weighted by atomic mass is 16.6. The highest BCUT2D eigenvalue weighted by Crippen LogP contribution is 2.19. The van der Waals surface area contributed by atoms with Gasteiger partial charge in [0.25, 0.3) is 5.91 Å². The molecule has 0 aliphatic carbocycles. The molecule has 1 unspecified atom stereocenters. The van der Waals surface area contributed by atoms with Crippen molar-refractivity contribution in [3.63, 3.8) is 0 Å². The van der Waals surface area contributed by atoms with E-state index in [2.05, 4.69) is 24.1 Å². The number of benzene rings is 2. The van der Waals surface area contributed by atoms with Gasteiger partial charge in [-0.1, -0.05) is 38.1 Å². The Kier molecular flexibility index (Phi) is 7.60. The Morgan fingerprint density at radius 2 is 1.93 bits per heavy atom. The number of rotatable bonds is 7. The van der Waals surface area contributed by atoms with Crippen molar-refractivity contribution < 1.29 is 19.1 Å². The molecule has 6 heteroatoms. The molecule has 0 radical (unpaired) electrons. The molecule has 1 aliphatic rings. The third-order valence-corrected chi connectivity index (χ3v) is 5.00. The number of nitrogens with one attached hydrogen (secondary N) is 1. The second kappa shape index (κ2) is 10.4. The number of hydrogen-bond donors (Lipinski definition) is 1. The van der Waals surface area contributed by atoms with Crippen LogP contribution < -0.4 is 5.32 Å². The van der Waals surface area contributed by atoms with Crippen LogP contribution in [0, 0.1) is 12.8 Å². The van der Waals surface area contributed by atoms with Crippen molar-refractivity contribution in [3.05, 3.63) is 65.2 Å². The number of ether oxygens (including phenoxy) is 2. The van der Waals surface area contributed by atoms with Gasteiger partial charge in [-0.2, -0.15) is 0 Å². The van der Waals surface area contributed by atoms with Crippen LogP contribution in [-0.4, -0.2) is 55.7 Å². The maximum atomic E-state index is 12.6. The lowest BCUT2D eigenvalue weighted by Crippen LogP contribution is -2.45. The molecular formula is C24H30N2O4. The van der Waals surface area contributed by atoms with Gasteiger partial charge in [-0.25, -0.2) is 4.79 Å². The third kappa shape index (κ3) is 6.15. The van der Waals surface area contributed by atoms with Gasteiger partial charge in [0, 0.05) is 30.9 Å². The summed E-state index contributed by atoms with van der Waals surface area (Å²) in [6.45, 7) is 9.81. The van der Waals surface area contributed by atoms with Gasteiger partial charge in [0.2, 0.25) is 0 Å². The number of carbonyl (C=O) groups excluding carboxylic acids is 2. The third-order valence-electron chi connectivity index (χ3n) is 5.00. The second-order valence-electron chi connectivity index (χ2n) is 8.09. The number of aryl methyl sites for hydroxylation is 1. The van der Waals surface area contributed by atoms with E-state index < -0.39 is 5.97 Å². The molecule has 3 rings (SSSR count). The van der Waals surface area contributed by atoms with Gasteiger partial charge in [0.15, 0.2) is 0 Å². The van der Waals surface area contributed by atoms with Crippen LogP contribution in [0.3, 0.4) is 0 Å². The van der Waals surface area contributed by atoms with Crippen LogP contribution in [-0.2, 0) is 9.47 Å². The summed E-state index contributed by atoms with van der Waals surface area (Å²) in [5, 5.41) is 2.87. The van der Waals surface area contributed by atoms with Gasteiger partial charge in [-0.05, 0) is 42.7 Å². The molecule has 0 saturated carbocycles. The van der Waals surface area contributed by atoms with E-state index in [9.17, 15) is 9.59 Å². The van der Waals surface area contributed by atoms with Crippen molar-refractivity contribution in [2.75, 3.05) is 38.2 Å². The van der Waals surface area contributed by atoms with Crippen LogP contribution in [0.15, 0.2) is 48.5 Å². The van der Waals surface area contributed by atoms with Crippen molar-refractivity contribution in [1.82, 2.24) is 4.90 Å². The number of hydrogen-bond acceptors (Lipinski definition) is 5. The topological polar surface area (TPSA) is 67.9 Å². The summed E-state index contributed by atoms with van der Waals surface area (Å²) in [6, 6.07) is 14.1. The number of morpholine rings is 1. The maximum absolute atomic E-state index is 12.6. The highest BCUT2D eigenvalue weighted by Gasteiger charge is 2.23. The molecule has 1 fully saturated rings. The quantitative estimate of drug-likeness (QED) is 0.704. The summed E-state index contributed by atoms with van der Waals surface area (Å²) in [6.07, 6.45) is -0.121. The van der Waals surface area contributed by atoms with Crippen molar-refractivity contribution in [1.29, 1.82) is 0 Å². The zero-order chi connectivity index (χ0) is 21.5. The lowest BCUT2D eigenvalue weighted by molar-refractivity contribution is -0.0612. The van der Waals surface area contributed by atoms with E-state index in [0.29, 0.717) is 29.3 Å². The lowest BCUT2D eigenvalue weighted by Gasteiger charge is -2.33. The fraction of sp³-hybridized carbons (Fsp3) is 0.417. The van der Waals surface area contributed by atoms with E-state index in [1.54, 1.807) is 30.3 Å². The average molecular weight is 411 g/mol. The van der Waals surface area contributed by atoms with Gasteiger partial charge < -0.3 is 14.8 Å². The fourth-order valence-corrected chi connectivity index (χ4v) is 3.48. The Labute approximate surface area is 178 Å². The van der Waals surface area contributed by atoms with Crippen LogP contribution in [0.1, 0.15) is 40.1 Å². The summed E-state index contributed by atoms with van der Waals surface area (Å²) in [5.74, 6) is -0.0526. The van der Waals surface area contributed by atoms with E-state index >= 15 is 0 Å². The average Bonchev–Trinajstić information content (AvgIpc) is 2.74. The Balaban J connectivity index is 1.58. The van der Waals surface area contributed by atoms with E-state index in [1.165, 1.54) is 0 Å². The number of carbonyl (C=O) groups is 2. The molecule has 0 bridgehead atoms. The smallest absolute Gasteiger partial charge is 0.338 e. The fourth-order valence-electron chi connectivity index (χ4n) is 3.48. The summed E-state index contributed by atoms with van der Waals surface area (Å²) < 4.78 is 11.2. The first kappa shape index (κ1) is 22.0. The number of nitrogens with zero attached hydrogens (tertiary/aromatic N) is 1. The Morgan fingerprint density at radius 1 is 1.17 bits per heavy atom. The van der Waals surface area contributed by atoms with Gasteiger partial charge in [0.05, 0.1) is 12.2 Å². The van der Waals surface area contributed by atoms with Crippen LogP contribution in [0.5, 0.6) is 0 Å². The highest BCUT2D eigenvalue weighted by molar-refractivity contribution is 6.05. The second-order valence-corrected chi connectivity index (χ2v) is 8.09. The Hall–Kier alpha value is -2.70. The molecule has 0 spiro atoms. The van der Waals surface area contributed by atoms with Gasteiger partial charge in [0.1, 0.15) is 12.7 Å². The summed E-state index contributed by atoms with van der Waals surface area (Å²) in [4.78, 5) is 27.3. The standard InChI is InChI=1S/C24H30N2O4/c1-17(2)14-26-11-12-29-21(15-26)16-30-24(28)20-10-9-18(3)22(13-20)25-23(27)19-7-5-4-6-8-19/h4-10,13,17,21H,11-12,14-16H2,1-3H3,(H,25,27). The van der Waals surface area contributed by atoms with Crippen molar-refractivity contribution >= 4 is 17.6 Å². The van der Waals surface area contributed by atoms with Crippen LogP contribution >= 0.6 is 0 Å². The van der Waals surface area contributed by atoms with Crippen LogP contribution in [0.25, 0.3) is 0 Å². The van der Waals surface area contributed by atoms with Gasteiger partial charge >= 0.3 is 5.97 Å². The maximum Gasteiger partial charge on any atom is 0.338 e. The molecule has 2 aromatic carbocycles. The minimum absolute atomic E-state index is 0.121. The van der Waals surface area contributed by atoms with E-state index in [-0.39, 0.29) is 18.6 Å². The molecule has 6 nitrogen and oxygen atoms in total. The van der Waals surface area contributed by atoms with Crippen molar-refractivity contribution in [2.24, 2.45) is 5.92 Å². The van der Waals surface area contributed by atoms with E-state index in [0.717, 1.165) is 25.2 Å². The zero-order valence-corrected chi connectivity index (χ0v) is 17.9. The molecule has 160 valence electrons. The van der Waals surface area contributed by atoms with Crippen LogP contribution in [0.2, 0.25) is 0 Å². The van der Waals surface area contributed by atoms with E-state index in [1.807, 2.05) is 25.1 Å². The molecule has 1 N–H and O–H groups in total. The van der Waals surface area contributed by atoms with Crippen LogP contribution in [0.4, 0.5) is 5.69 Å². The largest absolute Gasteiger partial charge is 0.459 e. The first-order valence-corrected chi connectivity index (χ1v) is 10.4. The molecular weight excluding hydrogens is 380 g/mol. The monoisotopic (exact) mass is 410 g/mol. The Morgan fingerprint density at radius 3 is 2.67 bits per heavy atom. The first-order chi connectivity index (χ1) is 14.4.